The van der Waals surface area contributed by atoms with Gasteiger partial charge in [0.25, 0.3) is 0 Å². The summed E-state index contributed by atoms with van der Waals surface area (Å²) in [6.45, 7) is 1.34. The molecule has 1 aromatic heterocycles. The molecule has 15 heavy (non-hydrogen) atoms. The molecule has 0 fully saturated rings. The zero-order chi connectivity index (χ0) is 11.0. The summed E-state index contributed by atoms with van der Waals surface area (Å²) in [5.74, 6) is -2.95. The molecule has 2 aromatic rings. The number of halogens is 3. The standard InChI is InChI=1S/C11H8F3N/c1-7-10(14)8(12)6-9(13)11(7)15-4-2-3-5-15/h2-6H,1H3. The van der Waals surface area contributed by atoms with Crippen molar-refractivity contribution in [1.82, 2.24) is 4.57 Å². The van der Waals surface area contributed by atoms with Gasteiger partial charge in [0.2, 0.25) is 0 Å². The van der Waals surface area contributed by atoms with Crippen LogP contribution in [0, 0.1) is 24.4 Å². The van der Waals surface area contributed by atoms with Gasteiger partial charge in [0.1, 0.15) is 0 Å². The van der Waals surface area contributed by atoms with Crippen molar-refractivity contribution in [3.63, 3.8) is 0 Å². The minimum atomic E-state index is -1.17. The molecule has 0 spiro atoms. The fourth-order valence-corrected chi connectivity index (χ4v) is 1.51. The largest absolute Gasteiger partial charge is 0.321 e. The Morgan fingerprint density at radius 1 is 1.00 bits per heavy atom. The van der Waals surface area contributed by atoms with Gasteiger partial charge in [-0.3, -0.25) is 0 Å². The molecule has 0 saturated carbocycles. The molecule has 0 bridgehead atoms. The Balaban J connectivity index is 2.72. The third-order valence-corrected chi connectivity index (χ3v) is 2.24. The zero-order valence-electron chi connectivity index (χ0n) is 7.97. The van der Waals surface area contributed by atoms with E-state index in [4.69, 9.17) is 0 Å². The minimum Gasteiger partial charge on any atom is -0.321 e. The Hall–Kier alpha value is -1.71. The summed E-state index contributed by atoms with van der Waals surface area (Å²) in [7, 11) is 0. The van der Waals surface area contributed by atoms with Gasteiger partial charge in [-0.15, -0.1) is 0 Å². The molecular formula is C11H8F3N. The maximum absolute atomic E-state index is 13.4. The molecule has 0 atom stereocenters. The summed E-state index contributed by atoms with van der Waals surface area (Å²) < 4.78 is 40.9. The van der Waals surface area contributed by atoms with Crippen LogP contribution in [-0.2, 0) is 0 Å². The van der Waals surface area contributed by atoms with Crippen LogP contribution in [0.3, 0.4) is 0 Å². The van der Waals surface area contributed by atoms with E-state index in [9.17, 15) is 13.2 Å². The smallest absolute Gasteiger partial charge is 0.164 e. The number of aromatic nitrogens is 1. The molecule has 1 heterocycles. The normalized spacial score (nSPS) is 10.7. The highest BCUT2D eigenvalue weighted by atomic mass is 19.2. The van der Waals surface area contributed by atoms with E-state index in [0.717, 1.165) is 0 Å². The van der Waals surface area contributed by atoms with Crippen LogP contribution in [0.25, 0.3) is 5.69 Å². The molecule has 4 heteroatoms. The minimum absolute atomic E-state index is 0.0382. The van der Waals surface area contributed by atoms with E-state index < -0.39 is 17.5 Å². The van der Waals surface area contributed by atoms with Crippen molar-refractivity contribution in [3.05, 3.63) is 53.6 Å². The van der Waals surface area contributed by atoms with Gasteiger partial charge in [0, 0.05) is 24.0 Å². The van der Waals surface area contributed by atoms with Crippen LogP contribution in [0.4, 0.5) is 13.2 Å². The summed E-state index contributed by atoms with van der Waals surface area (Å²) in [6.07, 6.45) is 3.14. The van der Waals surface area contributed by atoms with Crippen molar-refractivity contribution in [1.29, 1.82) is 0 Å². The average molecular weight is 211 g/mol. The number of nitrogens with zero attached hydrogens (tertiary/aromatic N) is 1. The monoisotopic (exact) mass is 211 g/mol. The molecule has 0 aliphatic heterocycles. The van der Waals surface area contributed by atoms with Gasteiger partial charge < -0.3 is 4.57 Å². The molecule has 0 unspecified atom stereocenters. The molecule has 0 amide bonds. The Morgan fingerprint density at radius 2 is 1.60 bits per heavy atom. The van der Waals surface area contributed by atoms with Crippen molar-refractivity contribution in [3.8, 4) is 5.69 Å². The van der Waals surface area contributed by atoms with E-state index in [1.165, 1.54) is 11.5 Å². The Bertz CT molecular complexity index is 489. The predicted octanol–water partition coefficient (Wildman–Crippen LogP) is 3.20. The summed E-state index contributed by atoms with van der Waals surface area (Å²) in [5.41, 5.74) is 0.00241. The highest BCUT2D eigenvalue weighted by Crippen LogP contribution is 2.23. The number of hydrogen-bond donors (Lipinski definition) is 0. The lowest BCUT2D eigenvalue weighted by atomic mass is 10.1. The Morgan fingerprint density at radius 3 is 2.20 bits per heavy atom. The molecule has 0 aliphatic carbocycles. The van der Waals surface area contributed by atoms with Gasteiger partial charge >= 0.3 is 0 Å². The van der Waals surface area contributed by atoms with E-state index in [1.807, 2.05) is 0 Å². The van der Waals surface area contributed by atoms with Crippen molar-refractivity contribution in [2.45, 2.75) is 6.92 Å². The maximum atomic E-state index is 13.4. The van der Waals surface area contributed by atoms with Crippen molar-refractivity contribution >= 4 is 0 Å². The van der Waals surface area contributed by atoms with Crippen LogP contribution >= 0.6 is 0 Å². The lowest BCUT2D eigenvalue weighted by molar-refractivity contribution is 0.487. The molecule has 1 nitrogen and oxygen atoms in total. The first kappa shape index (κ1) is 9.83. The number of rotatable bonds is 1. The highest BCUT2D eigenvalue weighted by Gasteiger charge is 2.16. The van der Waals surface area contributed by atoms with Crippen LogP contribution in [0.2, 0.25) is 0 Å². The third-order valence-electron chi connectivity index (χ3n) is 2.24. The molecule has 0 N–H and O–H groups in total. The summed E-state index contributed by atoms with van der Waals surface area (Å²) in [5, 5.41) is 0. The fourth-order valence-electron chi connectivity index (χ4n) is 1.51. The topological polar surface area (TPSA) is 4.93 Å². The van der Waals surface area contributed by atoms with Crippen molar-refractivity contribution in [2.75, 3.05) is 0 Å². The lowest BCUT2D eigenvalue weighted by Gasteiger charge is -2.09. The van der Waals surface area contributed by atoms with E-state index in [0.29, 0.717) is 6.07 Å². The third kappa shape index (κ3) is 1.52. The summed E-state index contributed by atoms with van der Waals surface area (Å²) >= 11 is 0. The van der Waals surface area contributed by atoms with Crippen molar-refractivity contribution in [2.24, 2.45) is 0 Å². The highest BCUT2D eigenvalue weighted by molar-refractivity contribution is 5.43. The Kier molecular flexibility index (Phi) is 2.26. The molecule has 0 aliphatic rings. The van der Waals surface area contributed by atoms with Gasteiger partial charge in [0.15, 0.2) is 17.5 Å². The SMILES string of the molecule is Cc1c(F)c(F)cc(F)c1-n1cccc1. The molecule has 0 radical (unpaired) electrons. The fraction of sp³-hybridized carbons (Fsp3) is 0.0909. The molecule has 0 saturated heterocycles. The second-order valence-corrected chi connectivity index (χ2v) is 3.22. The van der Waals surface area contributed by atoms with E-state index >= 15 is 0 Å². The molecule has 2 rings (SSSR count). The number of benzene rings is 1. The van der Waals surface area contributed by atoms with Crippen LogP contribution in [0.15, 0.2) is 30.6 Å². The molecule has 1 aromatic carbocycles. The van der Waals surface area contributed by atoms with Crippen LogP contribution < -0.4 is 0 Å². The van der Waals surface area contributed by atoms with Gasteiger partial charge in [-0.1, -0.05) is 0 Å². The van der Waals surface area contributed by atoms with Gasteiger partial charge in [-0.25, -0.2) is 13.2 Å². The van der Waals surface area contributed by atoms with E-state index in [-0.39, 0.29) is 11.3 Å². The molecule has 78 valence electrons. The van der Waals surface area contributed by atoms with E-state index in [2.05, 4.69) is 0 Å². The van der Waals surface area contributed by atoms with Gasteiger partial charge in [0.05, 0.1) is 5.69 Å². The summed E-state index contributed by atoms with van der Waals surface area (Å²) in [4.78, 5) is 0. The molecular weight excluding hydrogens is 203 g/mol. The Labute approximate surface area is 84.8 Å². The van der Waals surface area contributed by atoms with Gasteiger partial charge in [-0.2, -0.15) is 0 Å². The quantitative estimate of drug-likeness (QED) is 0.638. The second kappa shape index (κ2) is 3.46. The zero-order valence-corrected chi connectivity index (χ0v) is 7.97. The number of hydrogen-bond acceptors (Lipinski definition) is 0. The van der Waals surface area contributed by atoms with Crippen molar-refractivity contribution < 1.29 is 13.2 Å². The summed E-state index contributed by atoms with van der Waals surface area (Å²) in [6, 6.07) is 3.91. The average Bonchev–Trinajstić information content (AvgIpc) is 2.68. The first-order valence-electron chi connectivity index (χ1n) is 4.38. The predicted molar refractivity (Wildman–Crippen MR) is 50.4 cm³/mol. The van der Waals surface area contributed by atoms with Crippen LogP contribution in [0.5, 0.6) is 0 Å². The second-order valence-electron chi connectivity index (χ2n) is 3.22. The lowest BCUT2D eigenvalue weighted by Crippen LogP contribution is -2.03. The van der Waals surface area contributed by atoms with Crippen LogP contribution in [0.1, 0.15) is 5.56 Å². The van der Waals surface area contributed by atoms with Gasteiger partial charge in [-0.05, 0) is 19.1 Å². The van der Waals surface area contributed by atoms with E-state index in [1.54, 1.807) is 24.5 Å². The maximum Gasteiger partial charge on any atom is 0.164 e. The first-order chi connectivity index (χ1) is 7.11. The van der Waals surface area contributed by atoms with Crippen LogP contribution in [-0.4, -0.2) is 4.57 Å². The first-order valence-corrected chi connectivity index (χ1v) is 4.38.